The van der Waals surface area contributed by atoms with E-state index in [0.29, 0.717) is 5.95 Å². The van der Waals surface area contributed by atoms with Crippen LogP contribution in [0.15, 0.2) is 243 Å². The minimum atomic E-state index is 0.643. The number of nitrogens with zero attached hydrogens (tertiary/aromatic N) is 4. The van der Waals surface area contributed by atoms with E-state index in [-0.39, 0.29) is 0 Å². The van der Waals surface area contributed by atoms with Gasteiger partial charge in [0.15, 0.2) is 0 Å². The predicted molar refractivity (Wildman–Crippen MR) is 352 cm³/mol. The Morgan fingerprint density at radius 2 is 0.857 bits per heavy atom. The van der Waals surface area contributed by atoms with Crippen molar-refractivity contribution in [2.45, 2.75) is 0 Å². The van der Waals surface area contributed by atoms with Crippen LogP contribution >= 0.6 is 0 Å². The molecule has 0 aliphatic heterocycles. The Morgan fingerprint density at radius 1 is 0.262 bits per heavy atom. The average molecular weight is 1070 g/mol. The van der Waals surface area contributed by atoms with Gasteiger partial charge in [0.2, 0.25) is 5.95 Å². The number of aromatic nitrogens is 8. The van der Waals surface area contributed by atoms with Crippen LogP contribution in [-0.2, 0) is 0 Å². The van der Waals surface area contributed by atoms with Gasteiger partial charge < -0.3 is 24.5 Å². The lowest BCUT2D eigenvalue weighted by Crippen LogP contribution is -2.03. The van der Waals surface area contributed by atoms with Crippen molar-refractivity contribution in [3.63, 3.8) is 0 Å². The van der Waals surface area contributed by atoms with Gasteiger partial charge in [0.05, 0.1) is 33.3 Å². The zero-order valence-electron chi connectivity index (χ0n) is 44.9. The van der Waals surface area contributed by atoms with E-state index in [1.165, 1.54) is 86.4 Å². The lowest BCUT2D eigenvalue weighted by Gasteiger charge is -2.12. The summed E-state index contributed by atoms with van der Waals surface area (Å²) in [6, 6.07) is 88.5. The molecule has 4 N–H and O–H groups in total. The number of hydrogen-bond acceptors (Lipinski definition) is 2. The van der Waals surface area contributed by atoms with Crippen molar-refractivity contribution in [3.05, 3.63) is 243 Å². The second kappa shape index (κ2) is 16.1. The smallest absolute Gasteiger partial charge is 0.235 e. The molecule has 0 fully saturated rings. The molecule has 0 amide bonds. The number of para-hydroxylation sites is 5. The monoisotopic (exact) mass is 1070 g/mol. The molecule has 0 radical (unpaired) electrons. The van der Waals surface area contributed by atoms with Gasteiger partial charge in [-0.15, -0.1) is 0 Å². The summed E-state index contributed by atoms with van der Waals surface area (Å²) in [5.41, 5.74) is 19.6. The molecule has 0 saturated heterocycles. The standard InChI is InChI=1S/C76H44N8/c1-3-15-42(16-4-1)75-49-21-9-13-25-58(49)81-76(82-75)84-65-26-14-10-22-50(65)72-67(84)34-29-41-28-33-66-73(69(41)72)55-37-53-46-30-27-43(35-60(46)79-63(53)40-68(55)83(66)44-17-5-2-6-18-44)51-38-64-71(74-47(51)31-32-59-70(74)48-20-8-12-24-57(48)77-59)54-36-52-45-19-7-11-23-56(45)78-61(52)39-62(54)80-64/h1-40,77-80H. The summed E-state index contributed by atoms with van der Waals surface area (Å²) in [4.78, 5) is 26.2. The van der Waals surface area contributed by atoms with Gasteiger partial charge >= 0.3 is 0 Å². The molecule has 0 aliphatic rings. The summed E-state index contributed by atoms with van der Waals surface area (Å²) in [5.74, 6) is 0.643. The van der Waals surface area contributed by atoms with Gasteiger partial charge in [-0.25, -0.2) is 9.97 Å². The van der Waals surface area contributed by atoms with Crippen LogP contribution in [0.5, 0.6) is 0 Å². The number of fused-ring (bicyclic) bond motifs is 25. The van der Waals surface area contributed by atoms with Crippen LogP contribution in [0.1, 0.15) is 0 Å². The zero-order chi connectivity index (χ0) is 54.5. The van der Waals surface area contributed by atoms with Crippen molar-refractivity contribution in [2.75, 3.05) is 0 Å². The second-order valence-electron chi connectivity index (χ2n) is 22.8. The molecular weight excluding hydrogens is 1020 g/mol. The van der Waals surface area contributed by atoms with Crippen LogP contribution in [0.4, 0.5) is 0 Å². The normalized spacial score (nSPS) is 12.5. The largest absolute Gasteiger partial charge is 0.354 e. The van der Waals surface area contributed by atoms with Gasteiger partial charge in [0, 0.05) is 136 Å². The first-order chi connectivity index (χ1) is 41.6. The van der Waals surface area contributed by atoms with E-state index >= 15 is 0 Å². The zero-order valence-corrected chi connectivity index (χ0v) is 44.9. The third-order valence-electron chi connectivity index (χ3n) is 18.4. The highest BCUT2D eigenvalue weighted by molar-refractivity contribution is 6.37. The molecule has 8 nitrogen and oxygen atoms in total. The van der Waals surface area contributed by atoms with Crippen LogP contribution in [0.3, 0.4) is 0 Å². The number of hydrogen-bond donors (Lipinski definition) is 4. The highest BCUT2D eigenvalue weighted by Gasteiger charge is 2.25. The Bertz CT molecular complexity index is 6280. The molecule has 8 heteroatoms. The highest BCUT2D eigenvalue weighted by Crippen LogP contribution is 2.48. The Balaban J connectivity index is 0.840. The second-order valence-corrected chi connectivity index (χ2v) is 22.8. The molecule has 0 bridgehead atoms. The first kappa shape index (κ1) is 44.3. The lowest BCUT2D eigenvalue weighted by molar-refractivity contribution is 1.01. The van der Waals surface area contributed by atoms with Crippen molar-refractivity contribution in [2.24, 2.45) is 0 Å². The molecule has 20 aromatic rings. The SMILES string of the molecule is c1ccc(-c2nc(-n3c4ccccc4c4c5c(ccc6c5c5cc7c(cc5n6-c5ccccc5)[nH]c5cc(-c6cc8[nH]c9cc%10[nH]c%11ccccc%11c%10cc9c8c8c6ccc6[nH]c9ccccc9c68)ccc57)ccc43)nc3ccccc23)cc1. The van der Waals surface area contributed by atoms with Crippen LogP contribution < -0.4 is 0 Å². The fourth-order valence-electron chi connectivity index (χ4n) is 14.8. The maximum Gasteiger partial charge on any atom is 0.235 e. The Morgan fingerprint density at radius 3 is 1.70 bits per heavy atom. The van der Waals surface area contributed by atoms with Crippen LogP contribution in [-0.4, -0.2) is 39.0 Å². The van der Waals surface area contributed by atoms with Gasteiger partial charge in [0.25, 0.3) is 0 Å². The molecule has 0 spiro atoms. The Hall–Kier alpha value is -11.5. The Kier molecular flexibility index (Phi) is 8.50. The van der Waals surface area contributed by atoms with E-state index < -0.39 is 0 Å². The van der Waals surface area contributed by atoms with E-state index in [9.17, 15) is 0 Å². The summed E-state index contributed by atoms with van der Waals surface area (Å²) < 4.78 is 4.73. The van der Waals surface area contributed by atoms with E-state index in [2.05, 4.69) is 272 Å². The number of benzene rings is 13. The van der Waals surface area contributed by atoms with Crippen molar-refractivity contribution in [3.8, 4) is 34.0 Å². The third-order valence-corrected chi connectivity index (χ3v) is 18.4. The van der Waals surface area contributed by atoms with Gasteiger partial charge in [-0.05, 0) is 113 Å². The molecule has 20 rings (SSSR count). The summed E-state index contributed by atoms with van der Waals surface area (Å²) in [6.07, 6.45) is 0. The molecule has 7 heterocycles. The molecule has 0 aliphatic carbocycles. The summed E-state index contributed by atoms with van der Waals surface area (Å²) in [7, 11) is 0. The third kappa shape index (κ3) is 5.89. The number of rotatable bonds is 4. The van der Waals surface area contributed by atoms with E-state index in [0.717, 1.165) is 105 Å². The van der Waals surface area contributed by atoms with E-state index in [1.807, 2.05) is 0 Å². The summed E-state index contributed by atoms with van der Waals surface area (Å²) in [6.45, 7) is 0. The minimum Gasteiger partial charge on any atom is -0.354 e. The molecule has 84 heavy (non-hydrogen) atoms. The Labute approximate surface area is 476 Å². The quantitative estimate of drug-likeness (QED) is 0.141. The minimum absolute atomic E-state index is 0.643. The van der Waals surface area contributed by atoms with E-state index in [1.54, 1.807) is 0 Å². The fourth-order valence-corrected chi connectivity index (χ4v) is 14.8. The first-order valence-electron chi connectivity index (χ1n) is 28.7. The van der Waals surface area contributed by atoms with Gasteiger partial charge in [-0.2, -0.15) is 0 Å². The molecule has 0 saturated carbocycles. The van der Waals surface area contributed by atoms with Crippen LogP contribution in [0.2, 0.25) is 0 Å². The highest BCUT2D eigenvalue weighted by atomic mass is 15.2. The van der Waals surface area contributed by atoms with Crippen molar-refractivity contribution < 1.29 is 0 Å². The maximum absolute atomic E-state index is 5.45. The topological polar surface area (TPSA) is 98.8 Å². The molecular formula is C76H44N8. The van der Waals surface area contributed by atoms with E-state index in [4.69, 9.17) is 9.97 Å². The molecule has 13 aromatic carbocycles. The molecule has 388 valence electrons. The van der Waals surface area contributed by atoms with Gasteiger partial charge in [-0.3, -0.25) is 4.57 Å². The predicted octanol–water partition coefficient (Wildman–Crippen LogP) is 20.0. The molecule has 7 aromatic heterocycles. The summed E-state index contributed by atoms with van der Waals surface area (Å²) in [5, 5.41) is 20.4. The van der Waals surface area contributed by atoms with Crippen molar-refractivity contribution >= 4 is 163 Å². The number of nitrogens with one attached hydrogen (secondary N) is 4. The lowest BCUT2D eigenvalue weighted by atomic mass is 9.91. The first-order valence-corrected chi connectivity index (χ1v) is 28.7. The average Bonchev–Trinajstić information content (AvgIpc) is 1.67. The van der Waals surface area contributed by atoms with Crippen LogP contribution in [0.25, 0.3) is 197 Å². The van der Waals surface area contributed by atoms with Crippen LogP contribution in [0, 0.1) is 0 Å². The van der Waals surface area contributed by atoms with Crippen molar-refractivity contribution in [1.29, 1.82) is 0 Å². The van der Waals surface area contributed by atoms with Gasteiger partial charge in [0.1, 0.15) is 0 Å². The maximum atomic E-state index is 5.45. The van der Waals surface area contributed by atoms with Gasteiger partial charge in [-0.1, -0.05) is 152 Å². The fraction of sp³-hybridized carbons (Fsp3) is 0. The summed E-state index contributed by atoms with van der Waals surface area (Å²) >= 11 is 0. The number of H-pyrrole nitrogens is 4. The number of aromatic amines is 4. The molecule has 0 atom stereocenters. The molecule has 0 unspecified atom stereocenters. The van der Waals surface area contributed by atoms with Crippen molar-refractivity contribution in [1.82, 2.24) is 39.0 Å².